The normalized spacial score (nSPS) is 16.7. The van der Waals surface area contributed by atoms with Crippen molar-refractivity contribution in [2.24, 2.45) is 0 Å². The van der Waals surface area contributed by atoms with Gasteiger partial charge in [0.05, 0.1) is 5.56 Å². The molecule has 0 radical (unpaired) electrons. The molecule has 0 aliphatic carbocycles. The number of aryl methyl sites for hydroxylation is 2. The largest absolute Gasteiger partial charge is 0.425 e. The van der Waals surface area contributed by atoms with E-state index in [-0.39, 0.29) is 0 Å². The van der Waals surface area contributed by atoms with E-state index in [1.165, 1.54) is 11.6 Å². The minimum Gasteiger partial charge on any atom is -0.425 e. The van der Waals surface area contributed by atoms with Gasteiger partial charge in [0.2, 0.25) is 0 Å². The second-order valence-electron chi connectivity index (χ2n) is 10.4. The molecule has 0 saturated carbocycles. The van der Waals surface area contributed by atoms with E-state index in [0.29, 0.717) is 17.7 Å². The van der Waals surface area contributed by atoms with Gasteiger partial charge in [0, 0.05) is 0 Å². The lowest BCUT2D eigenvalue weighted by atomic mass is 9.95. The number of alkyl halides is 3. The van der Waals surface area contributed by atoms with Crippen LogP contribution in [0.1, 0.15) is 66.9 Å². The molecule has 1 aliphatic heterocycles. The van der Waals surface area contributed by atoms with Crippen LogP contribution in [0, 0.1) is 0 Å². The standard InChI is InChI=1S/C34H33F3O3/c35-34(36,37)28-20-18-26(16-9-4-2-1-3-6-12-24-13-7-5-8-14-24)30(23-28)31-32(40-31)33(38)39-29-21-19-25-15-10-11-17-27(25)22-29/h5,7-8,10-11,13-15,17-23,31-32H,1-4,6,9,12,16H2. The maximum absolute atomic E-state index is 13.5. The van der Waals surface area contributed by atoms with Gasteiger partial charge in [-0.15, -0.1) is 0 Å². The average Bonchev–Trinajstić information content (AvgIpc) is 3.76. The van der Waals surface area contributed by atoms with Crippen molar-refractivity contribution in [2.75, 3.05) is 0 Å². The first-order valence-corrected chi connectivity index (χ1v) is 14.0. The van der Waals surface area contributed by atoms with Gasteiger partial charge in [-0.2, -0.15) is 13.2 Å². The van der Waals surface area contributed by atoms with Crippen molar-refractivity contribution in [3.63, 3.8) is 0 Å². The molecule has 0 amide bonds. The van der Waals surface area contributed by atoms with Gasteiger partial charge in [-0.3, -0.25) is 0 Å². The zero-order chi connectivity index (χ0) is 28.0. The number of esters is 1. The summed E-state index contributed by atoms with van der Waals surface area (Å²) in [4.78, 5) is 12.8. The molecule has 208 valence electrons. The SMILES string of the molecule is O=C(Oc1ccc2ccccc2c1)C1OC1c1cc(C(F)(F)F)ccc1CCCCCCCCc1ccccc1. The van der Waals surface area contributed by atoms with Crippen LogP contribution in [0.15, 0.2) is 91.0 Å². The van der Waals surface area contributed by atoms with Crippen LogP contribution in [0.4, 0.5) is 13.2 Å². The summed E-state index contributed by atoms with van der Waals surface area (Å²) in [5.74, 6) is -0.217. The molecule has 0 N–H and O–H groups in total. The van der Waals surface area contributed by atoms with Crippen molar-refractivity contribution in [2.45, 2.75) is 69.8 Å². The number of rotatable bonds is 12. The van der Waals surface area contributed by atoms with E-state index < -0.39 is 29.9 Å². The molecule has 4 aromatic rings. The van der Waals surface area contributed by atoms with E-state index >= 15 is 0 Å². The third-order valence-electron chi connectivity index (χ3n) is 7.45. The van der Waals surface area contributed by atoms with Crippen LogP contribution < -0.4 is 4.74 Å². The first-order valence-electron chi connectivity index (χ1n) is 14.0. The molecule has 3 nitrogen and oxygen atoms in total. The van der Waals surface area contributed by atoms with E-state index in [9.17, 15) is 18.0 Å². The fourth-order valence-electron chi connectivity index (χ4n) is 5.19. The molecular weight excluding hydrogens is 513 g/mol. The first kappa shape index (κ1) is 27.9. The summed E-state index contributed by atoms with van der Waals surface area (Å²) < 4.78 is 51.6. The molecule has 1 saturated heterocycles. The minimum absolute atomic E-state index is 0.381. The number of hydrogen-bond donors (Lipinski definition) is 0. The number of fused-ring (bicyclic) bond motifs is 1. The van der Waals surface area contributed by atoms with Gasteiger partial charge in [-0.05, 0) is 77.4 Å². The summed E-state index contributed by atoms with van der Waals surface area (Å²) in [6.45, 7) is 0. The molecular formula is C34H33F3O3. The molecule has 0 bridgehead atoms. The van der Waals surface area contributed by atoms with Gasteiger partial charge < -0.3 is 9.47 Å². The molecule has 4 aromatic carbocycles. The molecule has 1 fully saturated rings. The topological polar surface area (TPSA) is 38.8 Å². The zero-order valence-electron chi connectivity index (χ0n) is 22.3. The lowest BCUT2D eigenvalue weighted by Gasteiger charge is -2.13. The van der Waals surface area contributed by atoms with Crippen LogP contribution in [-0.4, -0.2) is 12.1 Å². The van der Waals surface area contributed by atoms with Crippen LogP contribution in [-0.2, 0) is 28.5 Å². The average molecular weight is 547 g/mol. The summed E-state index contributed by atoms with van der Waals surface area (Å²) in [5.41, 5.74) is 1.85. The van der Waals surface area contributed by atoms with Crippen LogP contribution in [0.3, 0.4) is 0 Å². The highest BCUT2D eigenvalue weighted by molar-refractivity contribution is 5.86. The van der Waals surface area contributed by atoms with Crippen molar-refractivity contribution in [3.05, 3.63) is 113 Å². The summed E-state index contributed by atoms with van der Waals surface area (Å²) >= 11 is 0. The summed E-state index contributed by atoms with van der Waals surface area (Å²) in [6, 6.07) is 27.3. The van der Waals surface area contributed by atoms with Crippen LogP contribution in [0.25, 0.3) is 10.8 Å². The summed E-state index contributed by atoms with van der Waals surface area (Å²) in [5, 5.41) is 1.95. The van der Waals surface area contributed by atoms with Gasteiger partial charge in [-0.25, -0.2) is 4.79 Å². The van der Waals surface area contributed by atoms with Crippen LogP contribution in [0.2, 0.25) is 0 Å². The van der Waals surface area contributed by atoms with E-state index in [1.54, 1.807) is 12.1 Å². The molecule has 0 aromatic heterocycles. The highest BCUT2D eigenvalue weighted by atomic mass is 19.4. The number of carbonyl (C=O) groups is 1. The molecule has 40 heavy (non-hydrogen) atoms. The third kappa shape index (κ3) is 7.30. The number of carbonyl (C=O) groups excluding carboxylic acids is 1. The minimum atomic E-state index is -4.47. The Bertz CT molecular complexity index is 1430. The van der Waals surface area contributed by atoms with E-state index in [1.807, 2.05) is 36.4 Å². The molecule has 1 aliphatic rings. The molecule has 6 heteroatoms. The van der Waals surface area contributed by atoms with Gasteiger partial charge >= 0.3 is 12.1 Å². The number of halogens is 3. The fraction of sp³-hybridized carbons (Fsp3) is 0.324. The number of hydrogen-bond acceptors (Lipinski definition) is 3. The molecule has 5 rings (SSSR count). The summed E-state index contributed by atoms with van der Waals surface area (Å²) in [7, 11) is 0. The van der Waals surface area contributed by atoms with Crippen LogP contribution in [0.5, 0.6) is 5.75 Å². The second-order valence-corrected chi connectivity index (χ2v) is 10.4. The highest BCUT2D eigenvalue weighted by Crippen LogP contribution is 2.43. The first-order chi connectivity index (χ1) is 19.4. The number of ether oxygens (including phenoxy) is 2. The Morgan fingerprint density at radius 2 is 1.40 bits per heavy atom. The van der Waals surface area contributed by atoms with Crippen LogP contribution >= 0.6 is 0 Å². The summed E-state index contributed by atoms with van der Waals surface area (Å²) in [6.07, 6.45) is 2.03. The Balaban J connectivity index is 1.14. The Hall–Kier alpha value is -3.64. The maximum atomic E-state index is 13.5. The Morgan fingerprint density at radius 1 is 0.725 bits per heavy atom. The number of benzene rings is 4. The smallest absolute Gasteiger partial charge is 0.416 e. The quantitative estimate of drug-likeness (QED) is 0.0770. The van der Waals surface area contributed by atoms with Crippen molar-refractivity contribution < 1.29 is 27.4 Å². The molecule has 2 unspecified atom stereocenters. The number of unbranched alkanes of at least 4 members (excludes halogenated alkanes) is 5. The lowest BCUT2D eigenvalue weighted by molar-refractivity contribution is -0.137. The number of epoxide rings is 1. The molecule has 1 heterocycles. The van der Waals surface area contributed by atoms with E-state index in [0.717, 1.165) is 73.4 Å². The fourth-order valence-corrected chi connectivity index (χ4v) is 5.19. The van der Waals surface area contributed by atoms with E-state index in [2.05, 4.69) is 24.3 Å². The van der Waals surface area contributed by atoms with Crippen molar-refractivity contribution in [3.8, 4) is 5.75 Å². The third-order valence-corrected chi connectivity index (χ3v) is 7.45. The maximum Gasteiger partial charge on any atom is 0.416 e. The van der Waals surface area contributed by atoms with Crippen molar-refractivity contribution in [1.82, 2.24) is 0 Å². The van der Waals surface area contributed by atoms with Gasteiger partial charge in [0.1, 0.15) is 11.9 Å². The molecule has 0 spiro atoms. The lowest BCUT2D eigenvalue weighted by Crippen LogP contribution is -2.16. The second kappa shape index (κ2) is 12.7. The van der Waals surface area contributed by atoms with Crippen molar-refractivity contribution >= 4 is 16.7 Å². The van der Waals surface area contributed by atoms with Crippen molar-refractivity contribution in [1.29, 1.82) is 0 Å². The highest BCUT2D eigenvalue weighted by Gasteiger charge is 2.49. The Labute approximate surface area is 232 Å². The predicted octanol–water partition coefficient (Wildman–Crippen LogP) is 9.03. The monoisotopic (exact) mass is 546 g/mol. The zero-order valence-corrected chi connectivity index (χ0v) is 22.3. The Kier molecular flexibility index (Phi) is 8.85. The Morgan fingerprint density at radius 3 is 2.15 bits per heavy atom. The van der Waals surface area contributed by atoms with Gasteiger partial charge in [0.25, 0.3) is 0 Å². The predicted molar refractivity (Wildman–Crippen MR) is 150 cm³/mol. The van der Waals surface area contributed by atoms with E-state index in [4.69, 9.17) is 9.47 Å². The molecule has 2 atom stereocenters. The van der Waals surface area contributed by atoms with Gasteiger partial charge in [-0.1, -0.05) is 92.4 Å². The van der Waals surface area contributed by atoms with Gasteiger partial charge in [0.15, 0.2) is 6.10 Å².